The summed E-state index contributed by atoms with van der Waals surface area (Å²) in [5.41, 5.74) is -3.09. The Morgan fingerprint density at radius 1 is 0.725 bits per heavy atom. The summed E-state index contributed by atoms with van der Waals surface area (Å²) < 4.78 is 82.0. The average Bonchev–Trinajstić information content (AvgIpc) is 3.63. The van der Waals surface area contributed by atoms with E-state index in [2.05, 4.69) is 9.97 Å². The average molecular weight is 625 g/mol. The highest BCUT2D eigenvalue weighted by atomic mass is 32.2. The summed E-state index contributed by atoms with van der Waals surface area (Å²) in [5.74, 6) is 0.296. The fourth-order valence-electron chi connectivity index (χ4n) is 3.41. The van der Waals surface area contributed by atoms with Crippen molar-refractivity contribution in [2.75, 3.05) is 11.5 Å². The van der Waals surface area contributed by atoms with Gasteiger partial charge in [0.05, 0.1) is 43.4 Å². The lowest BCUT2D eigenvalue weighted by Crippen LogP contribution is -2.10. The topological polar surface area (TPSA) is 73.4 Å². The zero-order valence-corrected chi connectivity index (χ0v) is 23.1. The summed E-state index contributed by atoms with van der Waals surface area (Å²) in [4.78, 5) is 9.59. The Morgan fingerprint density at radius 2 is 1.12 bits per heavy atom. The van der Waals surface area contributed by atoms with Crippen LogP contribution in [-0.2, 0) is 12.4 Å². The van der Waals surface area contributed by atoms with E-state index in [-0.39, 0.29) is 32.9 Å². The van der Waals surface area contributed by atoms with Crippen LogP contribution in [0.2, 0.25) is 0 Å². The van der Waals surface area contributed by atoms with Crippen molar-refractivity contribution in [1.29, 1.82) is 10.5 Å². The molecule has 0 aliphatic heterocycles. The zero-order chi connectivity index (χ0) is 28.9. The number of hydrogen-bond acceptors (Lipinski definition) is 8. The van der Waals surface area contributed by atoms with Crippen LogP contribution in [0.1, 0.15) is 22.3 Å². The lowest BCUT2D eigenvalue weighted by molar-refractivity contribution is -0.138. The van der Waals surface area contributed by atoms with Crippen molar-refractivity contribution < 1.29 is 26.3 Å². The molecule has 0 spiro atoms. The van der Waals surface area contributed by atoms with E-state index in [1.165, 1.54) is 22.7 Å². The molecule has 0 radical (unpaired) electrons. The first kappa shape index (κ1) is 29.7. The number of aromatic nitrogens is 2. The van der Waals surface area contributed by atoms with Crippen molar-refractivity contribution in [1.82, 2.24) is 9.97 Å². The minimum atomic E-state index is -4.75. The quantitative estimate of drug-likeness (QED) is 0.111. The minimum Gasteiger partial charge on any atom is -0.239 e. The third kappa shape index (κ3) is 6.88. The molecule has 0 amide bonds. The maximum atomic E-state index is 13.7. The van der Waals surface area contributed by atoms with Gasteiger partial charge in [0.25, 0.3) is 0 Å². The second kappa shape index (κ2) is 12.5. The predicted octanol–water partition coefficient (Wildman–Crippen LogP) is 9.16. The Kier molecular flexibility index (Phi) is 9.26. The maximum absolute atomic E-state index is 13.7. The number of alkyl halides is 6. The monoisotopic (exact) mass is 624 g/mol. The first-order valence-electron chi connectivity index (χ1n) is 11.1. The van der Waals surface area contributed by atoms with Crippen molar-refractivity contribution in [3.63, 3.8) is 0 Å². The van der Waals surface area contributed by atoms with E-state index in [9.17, 15) is 36.9 Å². The molecule has 4 aromatic rings. The normalized spacial score (nSPS) is 12.0. The van der Waals surface area contributed by atoms with Crippen molar-refractivity contribution in [2.24, 2.45) is 0 Å². The Morgan fingerprint density at radius 3 is 1.43 bits per heavy atom. The van der Waals surface area contributed by atoms with Crippen LogP contribution in [0.3, 0.4) is 0 Å². The van der Waals surface area contributed by atoms with Gasteiger partial charge in [-0.25, -0.2) is 9.97 Å². The Balaban J connectivity index is 1.52. The molecule has 14 heteroatoms. The Hall–Kier alpha value is -3.30. The number of rotatable bonds is 8. The molecule has 4 rings (SSSR count). The van der Waals surface area contributed by atoms with Crippen LogP contribution in [0.25, 0.3) is 21.1 Å². The first-order valence-corrected chi connectivity index (χ1v) is 14.8. The van der Waals surface area contributed by atoms with Gasteiger partial charge in [-0.2, -0.15) is 36.9 Å². The third-order valence-electron chi connectivity index (χ3n) is 5.15. The van der Waals surface area contributed by atoms with Crippen LogP contribution in [0.15, 0.2) is 69.4 Å². The molecule has 0 aromatic carbocycles. The number of hydrogen-bond donors (Lipinski definition) is 0. The van der Waals surface area contributed by atoms with Gasteiger partial charge in [-0.1, -0.05) is 24.3 Å². The van der Waals surface area contributed by atoms with E-state index in [0.29, 0.717) is 9.75 Å². The minimum absolute atomic E-state index is 0.0788. The molecule has 40 heavy (non-hydrogen) atoms. The second-order valence-corrected chi connectivity index (χ2v) is 11.7. The molecule has 0 aliphatic rings. The summed E-state index contributed by atoms with van der Waals surface area (Å²) in [6.45, 7) is 0. The largest absolute Gasteiger partial charge is 0.417 e. The molecule has 4 nitrogen and oxygen atoms in total. The zero-order valence-electron chi connectivity index (χ0n) is 19.9. The number of thiophene rings is 2. The van der Waals surface area contributed by atoms with Crippen molar-refractivity contribution in [3.8, 4) is 33.3 Å². The van der Waals surface area contributed by atoms with E-state index < -0.39 is 34.6 Å². The molecule has 0 N–H and O–H groups in total. The van der Waals surface area contributed by atoms with E-state index in [0.717, 1.165) is 35.7 Å². The lowest BCUT2D eigenvalue weighted by Gasteiger charge is -2.13. The van der Waals surface area contributed by atoms with Gasteiger partial charge in [-0.15, -0.1) is 46.2 Å². The molecule has 0 saturated carbocycles. The summed E-state index contributed by atoms with van der Waals surface area (Å²) in [7, 11) is 0. The molecule has 0 unspecified atom stereocenters. The summed E-state index contributed by atoms with van der Waals surface area (Å²) in [6, 6.07) is 11.6. The van der Waals surface area contributed by atoms with Gasteiger partial charge in [0, 0.05) is 11.5 Å². The SMILES string of the molecule is N#Cc1c(C(F)(F)F)cc(-c2cccs2)nc1SC/C=C\CSc1nc(-c2cccs2)cc(C(F)(F)F)c1C#N. The van der Waals surface area contributed by atoms with Crippen LogP contribution in [-0.4, -0.2) is 21.5 Å². The van der Waals surface area contributed by atoms with Gasteiger partial charge >= 0.3 is 12.4 Å². The number of thioether (sulfide) groups is 2. The third-order valence-corrected chi connectivity index (χ3v) is 8.79. The van der Waals surface area contributed by atoms with Gasteiger partial charge in [0.2, 0.25) is 0 Å². The number of nitrogens with zero attached hydrogens (tertiary/aromatic N) is 4. The molecule has 0 saturated heterocycles. The molecule has 0 bridgehead atoms. The highest BCUT2D eigenvalue weighted by Crippen LogP contribution is 2.40. The van der Waals surface area contributed by atoms with E-state index in [1.807, 2.05) is 0 Å². The second-order valence-electron chi connectivity index (χ2n) is 7.74. The fourth-order valence-corrected chi connectivity index (χ4v) is 6.49. The molecule has 0 fully saturated rings. The van der Waals surface area contributed by atoms with E-state index in [1.54, 1.807) is 59.3 Å². The number of pyridine rings is 2. The lowest BCUT2D eigenvalue weighted by atomic mass is 10.1. The van der Waals surface area contributed by atoms with Crippen molar-refractivity contribution >= 4 is 46.2 Å². The van der Waals surface area contributed by atoms with Crippen LogP contribution in [0.4, 0.5) is 26.3 Å². The molecule has 0 atom stereocenters. The molecule has 4 heterocycles. The highest BCUT2D eigenvalue weighted by molar-refractivity contribution is 7.99. The summed E-state index contributed by atoms with van der Waals surface area (Å²) in [5, 5.41) is 22.1. The molecule has 204 valence electrons. The van der Waals surface area contributed by atoms with Gasteiger partial charge in [0.1, 0.15) is 22.2 Å². The Labute approximate surface area is 241 Å². The van der Waals surface area contributed by atoms with Crippen molar-refractivity contribution in [2.45, 2.75) is 22.4 Å². The summed E-state index contributed by atoms with van der Waals surface area (Å²) >= 11 is 4.30. The fraction of sp³-hybridized carbons (Fsp3) is 0.154. The standard InChI is InChI=1S/C26H14F6N4S4/c27-25(28,29)17-11-19(21-5-3-9-37-21)35-23(15(17)13-33)39-7-1-2-8-40-24-16(14-34)18(26(30,31)32)12-20(36-24)22-6-4-10-38-22/h1-6,9-12H,7-8H2/b2-1-. The predicted molar refractivity (Wildman–Crippen MR) is 145 cm³/mol. The van der Waals surface area contributed by atoms with E-state index in [4.69, 9.17) is 0 Å². The van der Waals surface area contributed by atoms with Crippen LogP contribution in [0, 0.1) is 22.7 Å². The van der Waals surface area contributed by atoms with Crippen LogP contribution < -0.4 is 0 Å². The van der Waals surface area contributed by atoms with Crippen molar-refractivity contribution in [3.05, 3.63) is 81.6 Å². The van der Waals surface area contributed by atoms with Gasteiger partial charge in [-0.05, 0) is 35.0 Å². The van der Waals surface area contributed by atoms with Gasteiger partial charge < -0.3 is 0 Å². The van der Waals surface area contributed by atoms with Gasteiger partial charge in [0.15, 0.2) is 0 Å². The smallest absolute Gasteiger partial charge is 0.239 e. The Bertz CT molecular complexity index is 1480. The first-order chi connectivity index (χ1) is 19.0. The highest BCUT2D eigenvalue weighted by Gasteiger charge is 2.37. The van der Waals surface area contributed by atoms with Crippen LogP contribution in [0.5, 0.6) is 0 Å². The van der Waals surface area contributed by atoms with E-state index >= 15 is 0 Å². The number of nitriles is 2. The molecule has 0 aliphatic carbocycles. The van der Waals surface area contributed by atoms with Crippen LogP contribution >= 0.6 is 46.2 Å². The maximum Gasteiger partial charge on any atom is 0.417 e. The molecule has 4 aromatic heterocycles. The van der Waals surface area contributed by atoms with Gasteiger partial charge in [-0.3, -0.25) is 0 Å². The number of halogens is 6. The summed E-state index contributed by atoms with van der Waals surface area (Å²) in [6.07, 6.45) is -6.29. The molecular weight excluding hydrogens is 611 g/mol. The molecular formula is C26H14F6N4S4.